The molecule has 25 heavy (non-hydrogen) atoms. The zero-order valence-corrected chi connectivity index (χ0v) is 16.0. The van der Waals surface area contributed by atoms with Crippen LogP contribution in [0.5, 0.6) is 5.75 Å². The molecule has 0 spiro atoms. The average Bonchev–Trinajstić information content (AvgIpc) is 2.56. The van der Waals surface area contributed by atoms with E-state index in [1.54, 1.807) is 17.0 Å². The standard InChI is InChI=1S/C18H28F2N2O2.ClH/c1-4-7-11-24-16-10-8-9-15(12-16)18(19,20)14-21-13-17(23)22(5-2)6-3;/h8-10,12,21H,4-7,11,13-14H2,1-3H3;1H. The number of carbonyl (C=O) groups is 1. The quantitative estimate of drug-likeness (QED) is 0.595. The monoisotopic (exact) mass is 378 g/mol. The lowest BCUT2D eigenvalue weighted by Gasteiger charge is -2.21. The van der Waals surface area contributed by atoms with Crippen LogP contribution >= 0.6 is 12.4 Å². The highest BCUT2D eigenvalue weighted by atomic mass is 35.5. The number of alkyl halides is 2. The summed E-state index contributed by atoms with van der Waals surface area (Å²) in [6.45, 7) is 6.75. The number of rotatable bonds is 11. The molecule has 4 nitrogen and oxygen atoms in total. The minimum Gasteiger partial charge on any atom is -0.494 e. The van der Waals surface area contributed by atoms with E-state index in [2.05, 4.69) is 5.32 Å². The summed E-state index contributed by atoms with van der Waals surface area (Å²) in [6.07, 6.45) is 1.87. The normalized spacial score (nSPS) is 10.9. The van der Waals surface area contributed by atoms with Gasteiger partial charge in [-0.25, -0.2) is 0 Å². The summed E-state index contributed by atoms with van der Waals surface area (Å²) in [5.74, 6) is -2.79. The molecule has 0 bridgehead atoms. The highest BCUT2D eigenvalue weighted by molar-refractivity contribution is 5.85. The van der Waals surface area contributed by atoms with E-state index in [1.807, 2.05) is 20.8 Å². The van der Waals surface area contributed by atoms with Gasteiger partial charge in [0.1, 0.15) is 5.75 Å². The first-order valence-corrected chi connectivity index (χ1v) is 8.54. The first-order valence-electron chi connectivity index (χ1n) is 8.54. The van der Waals surface area contributed by atoms with Crippen molar-refractivity contribution in [3.05, 3.63) is 29.8 Å². The molecule has 0 fully saturated rings. The molecular formula is C18H29ClF2N2O2. The molecule has 0 saturated heterocycles. The highest BCUT2D eigenvalue weighted by Gasteiger charge is 2.31. The van der Waals surface area contributed by atoms with Gasteiger partial charge in [0.2, 0.25) is 5.91 Å². The zero-order valence-electron chi connectivity index (χ0n) is 15.2. The van der Waals surface area contributed by atoms with Gasteiger partial charge < -0.3 is 15.0 Å². The maximum Gasteiger partial charge on any atom is 0.285 e. The molecule has 0 unspecified atom stereocenters. The second kappa shape index (κ2) is 12.0. The molecule has 0 atom stereocenters. The Hall–Kier alpha value is -1.40. The van der Waals surface area contributed by atoms with Gasteiger partial charge in [-0.3, -0.25) is 4.79 Å². The molecule has 0 radical (unpaired) electrons. The Kier molecular flexibility index (Phi) is 11.4. The largest absolute Gasteiger partial charge is 0.494 e. The van der Waals surface area contributed by atoms with E-state index < -0.39 is 12.5 Å². The molecule has 1 aromatic carbocycles. The van der Waals surface area contributed by atoms with Crippen molar-refractivity contribution in [3.8, 4) is 5.75 Å². The summed E-state index contributed by atoms with van der Waals surface area (Å²) >= 11 is 0. The fourth-order valence-corrected chi connectivity index (χ4v) is 2.26. The van der Waals surface area contributed by atoms with Crippen molar-refractivity contribution in [2.75, 3.05) is 32.8 Å². The summed E-state index contributed by atoms with van der Waals surface area (Å²) in [4.78, 5) is 13.4. The van der Waals surface area contributed by atoms with Crippen molar-refractivity contribution < 1.29 is 18.3 Å². The molecule has 0 aliphatic heterocycles. The minimum atomic E-state index is -3.06. The number of hydrogen-bond acceptors (Lipinski definition) is 3. The van der Waals surface area contributed by atoms with E-state index in [0.717, 1.165) is 12.8 Å². The Labute approximate surface area is 155 Å². The maximum absolute atomic E-state index is 14.3. The number of likely N-dealkylation sites (N-methyl/N-ethyl adjacent to an activating group) is 1. The molecule has 0 heterocycles. The van der Waals surface area contributed by atoms with Gasteiger partial charge in [0, 0.05) is 18.7 Å². The van der Waals surface area contributed by atoms with Gasteiger partial charge >= 0.3 is 0 Å². The van der Waals surface area contributed by atoms with Crippen LogP contribution in [0, 0.1) is 0 Å². The predicted molar refractivity (Wildman–Crippen MR) is 98.8 cm³/mol. The van der Waals surface area contributed by atoms with Crippen LogP contribution in [0.1, 0.15) is 39.2 Å². The molecule has 1 N–H and O–H groups in total. The molecule has 0 saturated carbocycles. The summed E-state index contributed by atoms with van der Waals surface area (Å²) < 4.78 is 34.1. The Morgan fingerprint density at radius 2 is 1.92 bits per heavy atom. The Bertz CT molecular complexity index is 512. The lowest BCUT2D eigenvalue weighted by atomic mass is 10.1. The summed E-state index contributed by atoms with van der Waals surface area (Å²) in [5.41, 5.74) is -0.112. The van der Waals surface area contributed by atoms with Crippen LogP contribution in [0.2, 0.25) is 0 Å². The number of ether oxygens (including phenoxy) is 1. The second-order valence-electron chi connectivity index (χ2n) is 5.60. The molecule has 1 rings (SSSR count). The van der Waals surface area contributed by atoms with Crippen molar-refractivity contribution in [1.29, 1.82) is 0 Å². The smallest absolute Gasteiger partial charge is 0.285 e. The van der Waals surface area contributed by atoms with Gasteiger partial charge in [-0.2, -0.15) is 8.78 Å². The molecule has 0 aliphatic carbocycles. The van der Waals surface area contributed by atoms with Crippen LogP contribution in [-0.2, 0) is 10.7 Å². The van der Waals surface area contributed by atoms with E-state index in [-0.39, 0.29) is 30.4 Å². The van der Waals surface area contributed by atoms with E-state index in [9.17, 15) is 13.6 Å². The molecule has 7 heteroatoms. The number of amides is 1. The Morgan fingerprint density at radius 3 is 2.52 bits per heavy atom. The number of nitrogens with one attached hydrogen (secondary N) is 1. The van der Waals surface area contributed by atoms with E-state index in [4.69, 9.17) is 4.74 Å². The highest BCUT2D eigenvalue weighted by Crippen LogP contribution is 2.29. The van der Waals surface area contributed by atoms with Gasteiger partial charge in [0.05, 0.1) is 19.7 Å². The minimum absolute atomic E-state index is 0. The van der Waals surface area contributed by atoms with Crippen LogP contribution in [0.25, 0.3) is 0 Å². The lowest BCUT2D eigenvalue weighted by molar-refractivity contribution is -0.130. The van der Waals surface area contributed by atoms with Gasteiger partial charge in [0.25, 0.3) is 5.92 Å². The summed E-state index contributed by atoms with van der Waals surface area (Å²) in [6, 6.07) is 5.97. The van der Waals surface area contributed by atoms with Crippen molar-refractivity contribution in [2.24, 2.45) is 0 Å². The zero-order chi connectivity index (χ0) is 18.0. The van der Waals surface area contributed by atoms with Gasteiger partial charge in [-0.1, -0.05) is 25.5 Å². The van der Waals surface area contributed by atoms with E-state index in [0.29, 0.717) is 25.4 Å². The third-order valence-corrected chi connectivity index (χ3v) is 3.76. The molecule has 1 aromatic rings. The Balaban J connectivity index is 0.00000576. The van der Waals surface area contributed by atoms with Crippen molar-refractivity contribution >= 4 is 18.3 Å². The third-order valence-electron chi connectivity index (χ3n) is 3.76. The second-order valence-corrected chi connectivity index (χ2v) is 5.60. The van der Waals surface area contributed by atoms with Crippen LogP contribution in [0.4, 0.5) is 8.78 Å². The first-order chi connectivity index (χ1) is 11.4. The average molecular weight is 379 g/mol. The fraction of sp³-hybridized carbons (Fsp3) is 0.611. The van der Waals surface area contributed by atoms with E-state index in [1.165, 1.54) is 12.1 Å². The van der Waals surface area contributed by atoms with Gasteiger partial charge in [-0.05, 0) is 32.4 Å². The van der Waals surface area contributed by atoms with Crippen LogP contribution < -0.4 is 10.1 Å². The molecule has 144 valence electrons. The molecule has 1 amide bonds. The molecule has 0 aromatic heterocycles. The van der Waals surface area contributed by atoms with Crippen molar-refractivity contribution in [2.45, 2.75) is 39.5 Å². The van der Waals surface area contributed by atoms with Crippen molar-refractivity contribution in [1.82, 2.24) is 10.2 Å². The predicted octanol–water partition coefficient (Wildman–Crippen LogP) is 3.84. The van der Waals surface area contributed by atoms with Gasteiger partial charge in [-0.15, -0.1) is 12.4 Å². The number of unbranched alkanes of at least 4 members (excludes halogenated alkanes) is 1. The van der Waals surface area contributed by atoms with Crippen LogP contribution in [0.15, 0.2) is 24.3 Å². The number of halogens is 3. The molecule has 0 aliphatic rings. The third kappa shape index (κ3) is 8.01. The SMILES string of the molecule is CCCCOc1cccc(C(F)(F)CNCC(=O)N(CC)CC)c1.Cl. The fourth-order valence-electron chi connectivity index (χ4n) is 2.26. The van der Waals surface area contributed by atoms with E-state index >= 15 is 0 Å². The summed E-state index contributed by atoms with van der Waals surface area (Å²) in [5, 5.41) is 2.56. The number of carbonyl (C=O) groups excluding carboxylic acids is 1. The topological polar surface area (TPSA) is 41.6 Å². The number of hydrogen-bond donors (Lipinski definition) is 1. The number of benzene rings is 1. The van der Waals surface area contributed by atoms with Crippen LogP contribution in [0.3, 0.4) is 0 Å². The summed E-state index contributed by atoms with van der Waals surface area (Å²) in [7, 11) is 0. The Morgan fingerprint density at radius 1 is 1.24 bits per heavy atom. The van der Waals surface area contributed by atoms with Crippen molar-refractivity contribution in [3.63, 3.8) is 0 Å². The number of nitrogens with zero attached hydrogens (tertiary/aromatic N) is 1. The maximum atomic E-state index is 14.3. The molecular weight excluding hydrogens is 350 g/mol. The lowest BCUT2D eigenvalue weighted by Crippen LogP contribution is -2.41. The van der Waals surface area contributed by atoms with Gasteiger partial charge in [0.15, 0.2) is 0 Å². The first kappa shape index (κ1) is 23.6. The van der Waals surface area contributed by atoms with Crippen LogP contribution in [-0.4, -0.2) is 43.6 Å².